The zero-order chi connectivity index (χ0) is 22.9. The van der Waals surface area contributed by atoms with E-state index in [0.717, 1.165) is 53.8 Å². The molecule has 0 radical (unpaired) electrons. The fraction of sp³-hybridized carbons (Fsp3) is 0.333. The van der Waals surface area contributed by atoms with Crippen molar-refractivity contribution >= 4 is 28.2 Å². The van der Waals surface area contributed by atoms with E-state index in [9.17, 15) is 9.90 Å². The Bertz CT molecular complexity index is 1310. The van der Waals surface area contributed by atoms with E-state index in [1.165, 1.54) is 6.26 Å². The van der Waals surface area contributed by atoms with Crippen molar-refractivity contribution in [1.82, 2.24) is 19.7 Å². The van der Waals surface area contributed by atoms with E-state index in [4.69, 9.17) is 4.42 Å². The lowest BCUT2D eigenvalue weighted by molar-refractivity contribution is 0.102. The van der Waals surface area contributed by atoms with Gasteiger partial charge in [0.2, 0.25) is 5.89 Å². The highest BCUT2D eigenvalue weighted by molar-refractivity contribution is 6.06. The lowest BCUT2D eigenvalue weighted by Crippen LogP contribution is -2.37. The first kappa shape index (κ1) is 21.1. The summed E-state index contributed by atoms with van der Waals surface area (Å²) < 4.78 is 7.32. The standard InChI is InChI=1S/C24H26N6O3/c1-15-8-17(5-6-25-15)24-27-21(14-33-24)23(32)26-20-9-18-12-29(2)28-19(18)10-22(20)30-7-3-4-16(11-30)13-31/h5-6,8-10,12,14,16,31H,3-4,7,11,13H2,1-2H3,(H,26,32). The van der Waals surface area contributed by atoms with Crippen LogP contribution in [0, 0.1) is 12.8 Å². The zero-order valence-electron chi connectivity index (χ0n) is 18.7. The maximum atomic E-state index is 13.1. The number of nitrogens with zero attached hydrogens (tertiary/aromatic N) is 5. The summed E-state index contributed by atoms with van der Waals surface area (Å²) in [6.45, 7) is 3.62. The number of benzene rings is 1. The van der Waals surface area contributed by atoms with Crippen LogP contribution in [0.25, 0.3) is 22.4 Å². The van der Waals surface area contributed by atoms with Crippen molar-refractivity contribution in [2.24, 2.45) is 13.0 Å². The fourth-order valence-electron chi connectivity index (χ4n) is 4.35. The Kier molecular flexibility index (Phi) is 5.55. The maximum absolute atomic E-state index is 13.1. The number of nitrogens with one attached hydrogen (secondary N) is 1. The molecule has 0 bridgehead atoms. The van der Waals surface area contributed by atoms with Crippen LogP contribution in [0.1, 0.15) is 29.0 Å². The van der Waals surface area contributed by atoms with Crippen LogP contribution in [0.15, 0.2) is 47.3 Å². The molecule has 9 heteroatoms. The van der Waals surface area contributed by atoms with Gasteiger partial charge in [-0.3, -0.25) is 14.5 Å². The Labute approximate surface area is 191 Å². The predicted octanol–water partition coefficient (Wildman–Crippen LogP) is 3.39. The van der Waals surface area contributed by atoms with Gasteiger partial charge >= 0.3 is 0 Å². The first-order valence-electron chi connectivity index (χ1n) is 11.0. The second kappa shape index (κ2) is 8.67. The number of piperidine rings is 1. The van der Waals surface area contributed by atoms with Crippen LogP contribution in [0.3, 0.4) is 0 Å². The zero-order valence-corrected chi connectivity index (χ0v) is 18.7. The second-order valence-electron chi connectivity index (χ2n) is 8.55. The average Bonchev–Trinajstić information content (AvgIpc) is 3.44. The summed E-state index contributed by atoms with van der Waals surface area (Å²) in [4.78, 5) is 23.9. The van der Waals surface area contributed by atoms with Gasteiger partial charge in [-0.05, 0) is 49.9 Å². The molecule has 1 saturated heterocycles. The summed E-state index contributed by atoms with van der Waals surface area (Å²) in [6.07, 6.45) is 6.95. The molecule has 4 aromatic rings. The SMILES string of the molecule is Cc1cc(-c2nc(C(=O)Nc3cc4cn(C)nc4cc3N3CCCC(CO)C3)co2)ccn1. The lowest BCUT2D eigenvalue weighted by atomic mass is 9.98. The topological polar surface area (TPSA) is 109 Å². The summed E-state index contributed by atoms with van der Waals surface area (Å²) in [5, 5.41) is 18.1. The molecule has 5 rings (SSSR count). The van der Waals surface area contributed by atoms with E-state index in [2.05, 4.69) is 25.3 Å². The molecule has 1 fully saturated rings. The normalized spacial score (nSPS) is 16.3. The van der Waals surface area contributed by atoms with Crippen LogP contribution in [0.4, 0.5) is 11.4 Å². The molecule has 1 unspecified atom stereocenters. The highest BCUT2D eigenvalue weighted by atomic mass is 16.3. The number of hydrogen-bond donors (Lipinski definition) is 2. The lowest BCUT2D eigenvalue weighted by Gasteiger charge is -2.34. The van der Waals surface area contributed by atoms with Crippen LogP contribution in [-0.2, 0) is 7.05 Å². The molecule has 0 saturated carbocycles. The van der Waals surface area contributed by atoms with Crippen molar-refractivity contribution in [3.05, 3.63) is 54.3 Å². The molecule has 0 aliphatic carbocycles. The number of hydrogen-bond acceptors (Lipinski definition) is 7. The van der Waals surface area contributed by atoms with Gasteiger partial charge in [-0.1, -0.05) is 0 Å². The van der Waals surface area contributed by atoms with Gasteiger partial charge in [-0.2, -0.15) is 5.10 Å². The molecule has 1 aliphatic rings. The van der Waals surface area contributed by atoms with Crippen LogP contribution in [-0.4, -0.2) is 50.5 Å². The molecular weight excluding hydrogens is 420 g/mol. The number of aryl methyl sites for hydroxylation is 2. The van der Waals surface area contributed by atoms with E-state index in [-0.39, 0.29) is 24.1 Å². The second-order valence-corrected chi connectivity index (χ2v) is 8.55. The minimum absolute atomic E-state index is 0.153. The summed E-state index contributed by atoms with van der Waals surface area (Å²) in [5.74, 6) is 0.232. The van der Waals surface area contributed by atoms with Crippen molar-refractivity contribution in [3.8, 4) is 11.5 Å². The highest BCUT2D eigenvalue weighted by Gasteiger charge is 2.24. The van der Waals surface area contributed by atoms with Gasteiger partial charge in [0.1, 0.15) is 6.26 Å². The largest absolute Gasteiger partial charge is 0.444 e. The van der Waals surface area contributed by atoms with Crippen LogP contribution < -0.4 is 10.2 Å². The Morgan fingerprint density at radius 3 is 3.03 bits per heavy atom. The van der Waals surface area contributed by atoms with E-state index in [1.807, 2.05) is 38.4 Å². The molecular formula is C24H26N6O3. The van der Waals surface area contributed by atoms with Crippen molar-refractivity contribution in [3.63, 3.8) is 0 Å². The Morgan fingerprint density at radius 2 is 2.21 bits per heavy atom. The molecule has 9 nitrogen and oxygen atoms in total. The molecule has 1 atom stereocenters. The van der Waals surface area contributed by atoms with Gasteiger partial charge in [-0.25, -0.2) is 4.98 Å². The average molecular weight is 447 g/mol. The molecule has 2 N–H and O–H groups in total. The molecule has 0 spiro atoms. The first-order chi connectivity index (χ1) is 16.0. The number of rotatable bonds is 5. The highest BCUT2D eigenvalue weighted by Crippen LogP contribution is 2.34. The Morgan fingerprint density at radius 1 is 1.33 bits per heavy atom. The van der Waals surface area contributed by atoms with Gasteiger partial charge in [0, 0.05) is 55.8 Å². The number of fused-ring (bicyclic) bond motifs is 1. The number of aliphatic hydroxyl groups excluding tert-OH is 1. The molecule has 33 heavy (non-hydrogen) atoms. The summed E-state index contributed by atoms with van der Waals surface area (Å²) >= 11 is 0. The monoisotopic (exact) mass is 446 g/mol. The van der Waals surface area contributed by atoms with Crippen LogP contribution in [0.5, 0.6) is 0 Å². The Balaban J connectivity index is 1.46. The number of aromatic nitrogens is 4. The Hall–Kier alpha value is -3.72. The van der Waals surface area contributed by atoms with E-state index in [1.54, 1.807) is 16.9 Å². The van der Waals surface area contributed by atoms with Gasteiger partial charge < -0.3 is 19.7 Å². The van der Waals surface area contributed by atoms with E-state index in [0.29, 0.717) is 11.6 Å². The third kappa shape index (κ3) is 4.31. The maximum Gasteiger partial charge on any atom is 0.277 e. The van der Waals surface area contributed by atoms with Crippen molar-refractivity contribution in [2.75, 3.05) is 29.9 Å². The smallest absolute Gasteiger partial charge is 0.277 e. The molecule has 170 valence electrons. The number of amides is 1. The number of carbonyl (C=O) groups excluding carboxylic acids is 1. The summed E-state index contributed by atoms with van der Waals surface area (Å²) in [5.41, 5.74) is 4.23. The first-order valence-corrected chi connectivity index (χ1v) is 11.0. The predicted molar refractivity (Wildman–Crippen MR) is 125 cm³/mol. The minimum Gasteiger partial charge on any atom is -0.444 e. The molecule has 3 aromatic heterocycles. The number of carbonyl (C=O) groups is 1. The third-order valence-corrected chi connectivity index (χ3v) is 5.98. The quantitative estimate of drug-likeness (QED) is 0.484. The minimum atomic E-state index is -0.351. The van der Waals surface area contributed by atoms with Crippen molar-refractivity contribution < 1.29 is 14.3 Å². The van der Waals surface area contributed by atoms with Crippen molar-refractivity contribution in [2.45, 2.75) is 19.8 Å². The number of oxazole rings is 1. The molecule has 4 heterocycles. The van der Waals surface area contributed by atoms with Crippen molar-refractivity contribution in [1.29, 1.82) is 0 Å². The fourth-order valence-corrected chi connectivity index (χ4v) is 4.35. The van der Waals surface area contributed by atoms with Crippen LogP contribution in [0.2, 0.25) is 0 Å². The molecule has 1 aliphatic heterocycles. The van der Waals surface area contributed by atoms with Gasteiger partial charge in [0.05, 0.1) is 16.9 Å². The van der Waals surface area contributed by atoms with Gasteiger partial charge in [0.15, 0.2) is 5.69 Å². The number of aliphatic hydroxyl groups is 1. The van der Waals surface area contributed by atoms with E-state index >= 15 is 0 Å². The summed E-state index contributed by atoms with van der Waals surface area (Å²) in [7, 11) is 1.87. The molecule has 1 amide bonds. The van der Waals surface area contributed by atoms with E-state index < -0.39 is 0 Å². The summed E-state index contributed by atoms with van der Waals surface area (Å²) in [6, 6.07) is 7.59. The van der Waals surface area contributed by atoms with Crippen LogP contribution >= 0.6 is 0 Å². The van der Waals surface area contributed by atoms with Gasteiger partial charge in [-0.15, -0.1) is 0 Å². The number of pyridine rings is 1. The van der Waals surface area contributed by atoms with Gasteiger partial charge in [0.25, 0.3) is 5.91 Å². The third-order valence-electron chi connectivity index (χ3n) is 5.98. The molecule has 1 aromatic carbocycles. The number of anilines is 2.